The molecule has 0 aliphatic heterocycles. The Morgan fingerprint density at radius 1 is 1.15 bits per heavy atom. The van der Waals surface area contributed by atoms with Crippen LogP contribution in [0.4, 0.5) is 11.6 Å². The lowest BCUT2D eigenvalue weighted by Crippen LogP contribution is -2.35. The van der Waals surface area contributed by atoms with E-state index in [0.29, 0.717) is 6.04 Å². The average Bonchev–Trinajstić information content (AvgIpc) is 2.44. The SMILES string of the molecule is CCCc1nc(NC)cc(NC(C)CN(CC)CC)n1. The molecular weight excluding hydrogens is 250 g/mol. The Hall–Kier alpha value is -1.36. The predicted octanol–water partition coefficient (Wildman–Crippen LogP) is 2.61. The summed E-state index contributed by atoms with van der Waals surface area (Å²) in [6.07, 6.45) is 1.97. The second-order valence-corrected chi connectivity index (χ2v) is 5.09. The quantitative estimate of drug-likeness (QED) is 0.728. The van der Waals surface area contributed by atoms with Crippen molar-refractivity contribution in [3.63, 3.8) is 0 Å². The molecular formula is C15H29N5. The molecule has 5 nitrogen and oxygen atoms in total. The summed E-state index contributed by atoms with van der Waals surface area (Å²) in [6.45, 7) is 11.9. The van der Waals surface area contributed by atoms with Crippen LogP contribution in [0.15, 0.2) is 6.07 Å². The number of hydrogen-bond acceptors (Lipinski definition) is 5. The van der Waals surface area contributed by atoms with Gasteiger partial charge in [-0.25, -0.2) is 9.97 Å². The number of rotatable bonds is 9. The van der Waals surface area contributed by atoms with Crippen molar-refractivity contribution in [2.45, 2.75) is 46.6 Å². The topological polar surface area (TPSA) is 53.1 Å². The Labute approximate surface area is 123 Å². The van der Waals surface area contributed by atoms with Gasteiger partial charge in [0.15, 0.2) is 0 Å². The molecule has 1 unspecified atom stereocenters. The Morgan fingerprint density at radius 3 is 2.35 bits per heavy atom. The van der Waals surface area contributed by atoms with E-state index in [2.05, 4.69) is 53.2 Å². The van der Waals surface area contributed by atoms with E-state index in [1.807, 2.05) is 13.1 Å². The molecule has 0 spiro atoms. The number of aromatic nitrogens is 2. The largest absolute Gasteiger partial charge is 0.373 e. The van der Waals surface area contributed by atoms with Crippen molar-refractivity contribution in [2.24, 2.45) is 0 Å². The molecule has 1 aromatic rings. The van der Waals surface area contributed by atoms with Crippen LogP contribution in [-0.2, 0) is 6.42 Å². The Bertz CT molecular complexity index is 390. The fourth-order valence-electron chi connectivity index (χ4n) is 2.20. The maximum Gasteiger partial charge on any atom is 0.133 e. The number of nitrogens with one attached hydrogen (secondary N) is 2. The number of aryl methyl sites for hydroxylation is 1. The zero-order chi connectivity index (χ0) is 15.0. The van der Waals surface area contributed by atoms with Gasteiger partial charge < -0.3 is 15.5 Å². The molecule has 2 N–H and O–H groups in total. The van der Waals surface area contributed by atoms with Crippen LogP contribution in [0.25, 0.3) is 0 Å². The van der Waals surface area contributed by atoms with Gasteiger partial charge >= 0.3 is 0 Å². The van der Waals surface area contributed by atoms with Crippen molar-refractivity contribution in [2.75, 3.05) is 37.3 Å². The van der Waals surface area contributed by atoms with Crippen molar-refractivity contribution in [3.05, 3.63) is 11.9 Å². The molecule has 0 aliphatic rings. The van der Waals surface area contributed by atoms with E-state index in [9.17, 15) is 0 Å². The Morgan fingerprint density at radius 2 is 1.80 bits per heavy atom. The van der Waals surface area contributed by atoms with E-state index in [4.69, 9.17) is 0 Å². The second kappa shape index (κ2) is 8.74. The molecule has 0 saturated carbocycles. The molecule has 0 fully saturated rings. The lowest BCUT2D eigenvalue weighted by atomic mass is 10.3. The zero-order valence-electron chi connectivity index (χ0n) is 13.5. The van der Waals surface area contributed by atoms with Crippen molar-refractivity contribution in [1.82, 2.24) is 14.9 Å². The van der Waals surface area contributed by atoms with Gasteiger partial charge in [0.2, 0.25) is 0 Å². The zero-order valence-corrected chi connectivity index (χ0v) is 13.5. The fourth-order valence-corrected chi connectivity index (χ4v) is 2.20. The third kappa shape index (κ3) is 5.33. The van der Waals surface area contributed by atoms with Crippen molar-refractivity contribution in [1.29, 1.82) is 0 Å². The molecule has 0 amide bonds. The van der Waals surface area contributed by atoms with Crippen LogP contribution >= 0.6 is 0 Å². The summed E-state index contributed by atoms with van der Waals surface area (Å²) >= 11 is 0. The third-order valence-corrected chi connectivity index (χ3v) is 3.32. The van der Waals surface area contributed by atoms with Gasteiger partial charge in [-0.3, -0.25) is 0 Å². The lowest BCUT2D eigenvalue weighted by molar-refractivity contribution is 0.294. The van der Waals surface area contributed by atoms with Crippen LogP contribution in [0.2, 0.25) is 0 Å². The van der Waals surface area contributed by atoms with Crippen LogP contribution in [0.3, 0.4) is 0 Å². The number of hydrogen-bond donors (Lipinski definition) is 2. The van der Waals surface area contributed by atoms with Crippen molar-refractivity contribution >= 4 is 11.6 Å². The molecule has 1 atom stereocenters. The van der Waals surface area contributed by atoms with Gasteiger partial charge in [0.05, 0.1) is 0 Å². The lowest BCUT2D eigenvalue weighted by Gasteiger charge is -2.24. The van der Waals surface area contributed by atoms with E-state index in [0.717, 1.165) is 49.9 Å². The highest BCUT2D eigenvalue weighted by Gasteiger charge is 2.09. The highest BCUT2D eigenvalue weighted by molar-refractivity contribution is 5.47. The highest BCUT2D eigenvalue weighted by Crippen LogP contribution is 2.13. The first kappa shape index (κ1) is 16.7. The van der Waals surface area contributed by atoms with Gasteiger partial charge in [-0.05, 0) is 26.4 Å². The van der Waals surface area contributed by atoms with Crippen molar-refractivity contribution in [3.8, 4) is 0 Å². The summed E-state index contributed by atoms with van der Waals surface area (Å²) in [5.41, 5.74) is 0. The minimum atomic E-state index is 0.365. The molecule has 0 aliphatic carbocycles. The van der Waals surface area contributed by atoms with Crippen LogP contribution in [0, 0.1) is 0 Å². The number of likely N-dealkylation sites (N-methyl/N-ethyl adjacent to an activating group) is 1. The first-order valence-electron chi connectivity index (χ1n) is 7.67. The molecule has 1 rings (SSSR count). The molecule has 1 aromatic heterocycles. The van der Waals surface area contributed by atoms with E-state index in [-0.39, 0.29) is 0 Å². The van der Waals surface area contributed by atoms with Crippen LogP contribution in [0.1, 0.15) is 39.9 Å². The maximum absolute atomic E-state index is 4.59. The van der Waals surface area contributed by atoms with Gasteiger partial charge in [-0.2, -0.15) is 0 Å². The van der Waals surface area contributed by atoms with Gasteiger partial charge in [0.1, 0.15) is 17.5 Å². The summed E-state index contributed by atoms with van der Waals surface area (Å²) in [4.78, 5) is 11.5. The highest BCUT2D eigenvalue weighted by atomic mass is 15.2. The molecule has 0 aromatic carbocycles. The predicted molar refractivity (Wildman–Crippen MR) is 86.4 cm³/mol. The van der Waals surface area contributed by atoms with Crippen molar-refractivity contribution < 1.29 is 0 Å². The third-order valence-electron chi connectivity index (χ3n) is 3.32. The minimum Gasteiger partial charge on any atom is -0.373 e. The normalized spacial score (nSPS) is 12.5. The Balaban J connectivity index is 2.72. The first-order chi connectivity index (χ1) is 9.62. The molecule has 0 radical (unpaired) electrons. The maximum atomic E-state index is 4.59. The van der Waals surface area contributed by atoms with E-state index < -0.39 is 0 Å². The second-order valence-electron chi connectivity index (χ2n) is 5.09. The monoisotopic (exact) mass is 279 g/mol. The summed E-state index contributed by atoms with van der Waals surface area (Å²) < 4.78 is 0. The van der Waals surface area contributed by atoms with Crippen LogP contribution < -0.4 is 10.6 Å². The van der Waals surface area contributed by atoms with Crippen LogP contribution in [0.5, 0.6) is 0 Å². The van der Waals surface area contributed by atoms with E-state index in [1.54, 1.807) is 0 Å². The van der Waals surface area contributed by atoms with Crippen LogP contribution in [-0.4, -0.2) is 47.6 Å². The molecule has 5 heteroatoms. The summed E-state index contributed by atoms with van der Waals surface area (Å²) in [5.74, 6) is 2.69. The van der Waals surface area contributed by atoms with Gasteiger partial charge in [0, 0.05) is 32.1 Å². The molecule has 1 heterocycles. The van der Waals surface area contributed by atoms with Gasteiger partial charge in [0.25, 0.3) is 0 Å². The Kier molecular flexibility index (Phi) is 7.30. The van der Waals surface area contributed by atoms with E-state index >= 15 is 0 Å². The molecule has 20 heavy (non-hydrogen) atoms. The minimum absolute atomic E-state index is 0.365. The molecule has 114 valence electrons. The molecule has 0 bridgehead atoms. The van der Waals surface area contributed by atoms with Gasteiger partial charge in [-0.1, -0.05) is 20.8 Å². The average molecular weight is 279 g/mol. The molecule has 0 saturated heterocycles. The summed E-state index contributed by atoms with van der Waals surface area (Å²) in [7, 11) is 1.89. The fraction of sp³-hybridized carbons (Fsp3) is 0.733. The number of anilines is 2. The summed E-state index contributed by atoms with van der Waals surface area (Å²) in [5, 5.41) is 6.58. The smallest absolute Gasteiger partial charge is 0.133 e. The van der Waals surface area contributed by atoms with Gasteiger partial charge in [-0.15, -0.1) is 0 Å². The first-order valence-corrected chi connectivity index (χ1v) is 7.67. The standard InChI is InChI=1S/C15H29N5/c1-6-9-13-18-14(16-5)10-15(19-13)17-12(4)11-20(7-2)8-3/h10,12H,6-9,11H2,1-5H3,(H2,16,17,18,19). The van der Waals surface area contributed by atoms with E-state index in [1.165, 1.54) is 0 Å². The summed E-state index contributed by atoms with van der Waals surface area (Å²) in [6, 6.07) is 2.33. The number of nitrogens with zero attached hydrogens (tertiary/aromatic N) is 3.